The van der Waals surface area contributed by atoms with Crippen molar-refractivity contribution in [3.8, 4) is 5.75 Å². The van der Waals surface area contributed by atoms with Gasteiger partial charge in [-0.1, -0.05) is 23.2 Å². The van der Waals surface area contributed by atoms with Crippen LogP contribution in [0.1, 0.15) is 0 Å². The maximum Gasteiger partial charge on any atom is 0.317 e. The first-order valence-electron chi connectivity index (χ1n) is 6.55. The van der Waals surface area contributed by atoms with Crippen molar-refractivity contribution in [3.63, 3.8) is 0 Å². The number of benzene rings is 1. The van der Waals surface area contributed by atoms with Gasteiger partial charge in [-0.25, -0.2) is 0 Å². The number of hydrogen-bond acceptors (Lipinski definition) is 4. The van der Waals surface area contributed by atoms with Gasteiger partial charge < -0.3 is 14.7 Å². The van der Waals surface area contributed by atoms with E-state index in [1.165, 1.54) is 0 Å². The number of rotatable bonds is 9. The van der Waals surface area contributed by atoms with Crippen LogP contribution in [-0.4, -0.2) is 67.8 Å². The van der Waals surface area contributed by atoms with Crippen molar-refractivity contribution in [2.75, 3.05) is 46.9 Å². The summed E-state index contributed by atoms with van der Waals surface area (Å²) in [5, 5.41) is 9.90. The maximum absolute atomic E-state index is 10.8. The van der Waals surface area contributed by atoms with E-state index in [0.717, 1.165) is 6.54 Å². The minimum absolute atomic E-state index is 0.00838. The van der Waals surface area contributed by atoms with Gasteiger partial charge in [0.15, 0.2) is 0 Å². The lowest BCUT2D eigenvalue weighted by molar-refractivity contribution is -0.138. The Morgan fingerprint density at radius 2 is 1.95 bits per heavy atom. The van der Waals surface area contributed by atoms with Gasteiger partial charge in [-0.15, -0.1) is 0 Å². The summed E-state index contributed by atoms with van der Waals surface area (Å²) in [6.45, 7) is 2.32. The molecule has 0 radical (unpaired) electrons. The van der Waals surface area contributed by atoms with Gasteiger partial charge in [-0.3, -0.25) is 9.69 Å². The zero-order valence-corrected chi connectivity index (χ0v) is 13.7. The molecule has 0 amide bonds. The van der Waals surface area contributed by atoms with E-state index in [9.17, 15) is 4.79 Å². The fourth-order valence-electron chi connectivity index (χ4n) is 1.68. The number of carbonyl (C=O) groups is 1. The number of halogens is 2. The van der Waals surface area contributed by atoms with Gasteiger partial charge in [-0.2, -0.15) is 0 Å². The van der Waals surface area contributed by atoms with Crippen LogP contribution in [0.25, 0.3) is 0 Å². The largest absolute Gasteiger partial charge is 0.491 e. The van der Waals surface area contributed by atoms with Crippen molar-refractivity contribution >= 4 is 29.2 Å². The van der Waals surface area contributed by atoms with E-state index >= 15 is 0 Å². The van der Waals surface area contributed by atoms with Crippen LogP contribution in [0.3, 0.4) is 0 Å². The Morgan fingerprint density at radius 3 is 2.52 bits per heavy atom. The predicted molar refractivity (Wildman–Crippen MR) is 84.6 cm³/mol. The van der Waals surface area contributed by atoms with Gasteiger partial charge in [0, 0.05) is 24.7 Å². The topological polar surface area (TPSA) is 53.0 Å². The van der Waals surface area contributed by atoms with Crippen LogP contribution in [-0.2, 0) is 4.79 Å². The van der Waals surface area contributed by atoms with Gasteiger partial charge in [0.2, 0.25) is 0 Å². The van der Waals surface area contributed by atoms with Crippen molar-refractivity contribution < 1.29 is 14.6 Å². The molecule has 0 spiro atoms. The van der Waals surface area contributed by atoms with E-state index < -0.39 is 5.97 Å². The van der Waals surface area contributed by atoms with Crippen LogP contribution in [0.5, 0.6) is 5.75 Å². The molecule has 1 aromatic carbocycles. The minimum Gasteiger partial charge on any atom is -0.491 e. The summed E-state index contributed by atoms with van der Waals surface area (Å²) in [5.41, 5.74) is 0. The molecule has 0 aliphatic rings. The molecule has 5 nitrogen and oxygen atoms in total. The molecule has 21 heavy (non-hydrogen) atoms. The molecule has 0 saturated heterocycles. The van der Waals surface area contributed by atoms with Crippen LogP contribution in [0.2, 0.25) is 10.0 Å². The van der Waals surface area contributed by atoms with E-state index in [1.807, 2.05) is 23.9 Å². The van der Waals surface area contributed by atoms with E-state index in [-0.39, 0.29) is 6.54 Å². The summed E-state index contributed by atoms with van der Waals surface area (Å²) in [7, 11) is 3.89. The highest BCUT2D eigenvalue weighted by Crippen LogP contribution is 2.27. The fourth-order valence-corrected chi connectivity index (χ4v) is 2.14. The highest BCUT2D eigenvalue weighted by molar-refractivity contribution is 6.35. The second-order valence-electron chi connectivity index (χ2n) is 4.90. The first-order chi connectivity index (χ1) is 9.88. The molecule has 0 heterocycles. The van der Waals surface area contributed by atoms with Crippen molar-refractivity contribution in [1.82, 2.24) is 9.80 Å². The molecule has 0 fully saturated rings. The maximum atomic E-state index is 10.8. The molecule has 7 heteroatoms. The number of likely N-dealkylation sites (N-methyl/N-ethyl adjacent to an activating group) is 1. The predicted octanol–water partition coefficient (Wildman–Crippen LogP) is 2.32. The van der Waals surface area contributed by atoms with Crippen molar-refractivity contribution in [1.29, 1.82) is 0 Å². The molecule has 0 aromatic heterocycles. The number of carboxylic acid groups (broad SMARTS) is 1. The third-order valence-corrected chi connectivity index (χ3v) is 3.31. The summed E-state index contributed by atoms with van der Waals surface area (Å²) in [6, 6.07) is 5.01. The second kappa shape index (κ2) is 9.10. The number of aliphatic carboxylic acids is 1. The quantitative estimate of drug-likeness (QED) is 0.751. The monoisotopic (exact) mass is 334 g/mol. The number of carboxylic acids is 1. The summed E-state index contributed by atoms with van der Waals surface area (Å²) in [5.74, 6) is -0.303. The molecule has 1 N–H and O–H groups in total. The van der Waals surface area contributed by atoms with Gasteiger partial charge in [0.25, 0.3) is 0 Å². The highest BCUT2D eigenvalue weighted by Gasteiger charge is 2.10. The van der Waals surface area contributed by atoms with Crippen LogP contribution in [0.4, 0.5) is 0 Å². The molecule has 1 rings (SSSR count). The third-order valence-electron chi connectivity index (χ3n) is 2.78. The zero-order valence-electron chi connectivity index (χ0n) is 12.2. The van der Waals surface area contributed by atoms with Gasteiger partial charge in [0.05, 0.1) is 11.6 Å². The van der Waals surface area contributed by atoms with Crippen molar-refractivity contribution in [2.45, 2.75) is 0 Å². The van der Waals surface area contributed by atoms with E-state index in [2.05, 4.69) is 0 Å². The van der Waals surface area contributed by atoms with E-state index in [0.29, 0.717) is 35.5 Å². The smallest absolute Gasteiger partial charge is 0.317 e. The summed E-state index contributed by atoms with van der Waals surface area (Å²) < 4.78 is 5.57. The number of hydrogen-bond donors (Lipinski definition) is 1. The Labute approximate surface area is 135 Å². The first-order valence-corrected chi connectivity index (χ1v) is 7.31. The summed E-state index contributed by atoms with van der Waals surface area (Å²) in [6.07, 6.45) is 0. The molecule has 0 bridgehead atoms. The Balaban J connectivity index is 2.46. The normalized spacial score (nSPS) is 11.1. The molecule has 118 valence electrons. The summed E-state index contributed by atoms with van der Waals surface area (Å²) in [4.78, 5) is 14.7. The molecule has 0 saturated carbocycles. The molecule has 0 aliphatic carbocycles. The zero-order chi connectivity index (χ0) is 15.8. The average molecular weight is 335 g/mol. The Morgan fingerprint density at radius 1 is 1.24 bits per heavy atom. The summed E-state index contributed by atoms with van der Waals surface area (Å²) >= 11 is 11.8. The van der Waals surface area contributed by atoms with Crippen molar-refractivity contribution in [2.24, 2.45) is 0 Å². The van der Waals surface area contributed by atoms with E-state index in [1.54, 1.807) is 18.2 Å². The minimum atomic E-state index is -0.849. The molecule has 1 aromatic rings. The Bertz CT molecular complexity index is 470. The van der Waals surface area contributed by atoms with Gasteiger partial charge in [0.1, 0.15) is 12.4 Å². The molecular formula is C14H20Cl2N2O3. The molecule has 0 unspecified atom stereocenters. The number of ether oxygens (including phenoxy) is 1. The third kappa shape index (κ3) is 7.52. The average Bonchev–Trinajstić information content (AvgIpc) is 2.37. The second-order valence-corrected chi connectivity index (χ2v) is 5.74. The Kier molecular flexibility index (Phi) is 7.82. The molecule has 0 atom stereocenters. The fraction of sp³-hybridized carbons (Fsp3) is 0.500. The number of nitrogens with zero attached hydrogens (tertiary/aromatic N) is 2. The van der Waals surface area contributed by atoms with Crippen LogP contribution in [0.15, 0.2) is 18.2 Å². The SMILES string of the molecule is CN(C)CCN(CCOc1ccc(Cl)cc1Cl)CC(=O)O. The van der Waals surface area contributed by atoms with Gasteiger partial charge >= 0.3 is 5.97 Å². The lowest BCUT2D eigenvalue weighted by Gasteiger charge is -2.22. The lowest BCUT2D eigenvalue weighted by Crippen LogP contribution is -2.38. The lowest BCUT2D eigenvalue weighted by atomic mass is 10.3. The van der Waals surface area contributed by atoms with Crippen molar-refractivity contribution in [3.05, 3.63) is 28.2 Å². The van der Waals surface area contributed by atoms with E-state index in [4.69, 9.17) is 33.0 Å². The van der Waals surface area contributed by atoms with Crippen LogP contribution >= 0.6 is 23.2 Å². The molecular weight excluding hydrogens is 315 g/mol. The van der Waals surface area contributed by atoms with Gasteiger partial charge in [-0.05, 0) is 32.3 Å². The first kappa shape index (κ1) is 18.0. The Hall–Kier alpha value is -1.01. The molecule has 0 aliphatic heterocycles. The van der Waals surface area contributed by atoms with Crippen LogP contribution in [0, 0.1) is 0 Å². The highest BCUT2D eigenvalue weighted by atomic mass is 35.5. The van der Waals surface area contributed by atoms with Crippen LogP contribution < -0.4 is 4.74 Å². The standard InChI is InChI=1S/C14H20Cl2N2O3/c1-17(2)5-6-18(10-14(19)20)7-8-21-13-4-3-11(15)9-12(13)16/h3-4,9H,5-8,10H2,1-2H3,(H,19,20).